The Morgan fingerprint density at radius 1 is 1.03 bits per heavy atom. The largest absolute Gasteiger partial charge is 0.503 e. The molecule has 9 heteroatoms. The maximum atomic E-state index is 12.9. The van der Waals surface area contributed by atoms with Crippen LogP contribution in [0.1, 0.15) is 36.3 Å². The highest BCUT2D eigenvalue weighted by molar-refractivity contribution is 6.35. The molecule has 0 amide bonds. The minimum Gasteiger partial charge on any atom is -0.503 e. The van der Waals surface area contributed by atoms with Gasteiger partial charge in [-0.15, -0.1) is 0 Å². The molecule has 0 aliphatic carbocycles. The Hall–Kier alpha value is -3.29. The summed E-state index contributed by atoms with van der Waals surface area (Å²) in [5, 5.41) is 11.1. The molecule has 3 atom stereocenters. The third kappa shape index (κ3) is 7.84. The molecule has 0 unspecified atom stereocenters. The van der Waals surface area contributed by atoms with Gasteiger partial charge >= 0.3 is 5.97 Å². The number of ketones is 1. The van der Waals surface area contributed by atoms with Crippen molar-refractivity contribution in [2.45, 2.75) is 32.8 Å². The first-order valence-corrected chi connectivity index (χ1v) is 12.5. The van der Waals surface area contributed by atoms with Crippen LogP contribution in [-0.2, 0) is 16.0 Å². The number of ether oxygens (including phenoxy) is 3. The van der Waals surface area contributed by atoms with Gasteiger partial charge in [0.05, 0.1) is 24.7 Å². The number of aromatic nitrogens is 1. The van der Waals surface area contributed by atoms with Gasteiger partial charge in [0.15, 0.2) is 23.0 Å². The predicted octanol–water partition coefficient (Wildman–Crippen LogP) is 6.18. The van der Waals surface area contributed by atoms with E-state index in [1.54, 1.807) is 32.0 Å². The normalized spacial score (nSPS) is 13.3. The van der Waals surface area contributed by atoms with Crippen LogP contribution in [-0.4, -0.2) is 41.7 Å². The van der Waals surface area contributed by atoms with E-state index >= 15 is 0 Å². The number of carbonyl (C=O) groups is 2. The Kier molecular flexibility index (Phi) is 10.2. The number of hydrogen-bond donors (Lipinski definition) is 1. The number of halogens is 2. The molecule has 3 rings (SSSR count). The monoisotopic (exact) mass is 545 g/mol. The van der Waals surface area contributed by atoms with Gasteiger partial charge in [-0.1, -0.05) is 60.5 Å². The molecule has 2 aromatic carbocycles. The standard InChI is InChI=1S/C28H29Cl2NO6/c1-17(13-23(32)26-27(33)25(35-3)11-12-31-26)28(34)37-18(2)20(14-19-7-5-4-6-8-19)16-36-24-10-9-21(29)15-22(24)30/h4-12,15,17-18,20,33H,13-14,16H2,1-3H3/t17-,18+,20-/m1/s1. The van der Waals surface area contributed by atoms with E-state index in [4.69, 9.17) is 37.4 Å². The lowest BCUT2D eigenvalue weighted by Gasteiger charge is -2.26. The lowest BCUT2D eigenvalue weighted by Crippen LogP contribution is -2.32. The Bertz CT molecular complexity index is 1220. The minimum atomic E-state index is -0.758. The highest BCUT2D eigenvalue weighted by Crippen LogP contribution is 2.30. The summed E-state index contributed by atoms with van der Waals surface area (Å²) < 4.78 is 16.7. The average Bonchev–Trinajstić information content (AvgIpc) is 2.87. The van der Waals surface area contributed by atoms with Gasteiger partial charge in [-0.3, -0.25) is 9.59 Å². The van der Waals surface area contributed by atoms with E-state index in [0.29, 0.717) is 22.2 Å². The van der Waals surface area contributed by atoms with Crippen LogP contribution < -0.4 is 9.47 Å². The predicted molar refractivity (Wildman–Crippen MR) is 142 cm³/mol. The van der Waals surface area contributed by atoms with E-state index in [1.807, 2.05) is 30.3 Å². The zero-order valence-corrected chi connectivity index (χ0v) is 22.3. The van der Waals surface area contributed by atoms with Gasteiger partial charge in [0, 0.05) is 29.6 Å². The first-order valence-electron chi connectivity index (χ1n) is 11.8. The highest BCUT2D eigenvalue weighted by Gasteiger charge is 2.28. The molecular weight excluding hydrogens is 517 g/mol. The number of pyridine rings is 1. The summed E-state index contributed by atoms with van der Waals surface area (Å²) in [5.41, 5.74) is 0.909. The third-order valence-electron chi connectivity index (χ3n) is 5.92. The van der Waals surface area contributed by atoms with Gasteiger partial charge in [0.2, 0.25) is 0 Å². The number of methoxy groups -OCH3 is 1. The summed E-state index contributed by atoms with van der Waals surface area (Å²) in [7, 11) is 1.38. The van der Waals surface area contributed by atoms with Crippen LogP contribution in [0.3, 0.4) is 0 Å². The van der Waals surface area contributed by atoms with Gasteiger partial charge in [-0.05, 0) is 37.1 Å². The fourth-order valence-electron chi connectivity index (χ4n) is 3.73. The fraction of sp³-hybridized carbons (Fsp3) is 0.321. The number of Topliss-reactive ketones (excluding diaryl/α,β-unsaturated/α-hetero) is 1. The van der Waals surface area contributed by atoms with Crippen molar-refractivity contribution in [3.63, 3.8) is 0 Å². The second-order valence-corrected chi connectivity index (χ2v) is 9.56. The van der Waals surface area contributed by atoms with Crippen LogP contribution >= 0.6 is 23.2 Å². The number of esters is 1. The molecule has 0 bridgehead atoms. The van der Waals surface area contributed by atoms with Crippen molar-refractivity contribution in [3.05, 3.63) is 82.1 Å². The molecule has 1 aromatic heterocycles. The van der Waals surface area contributed by atoms with Crippen molar-refractivity contribution in [2.75, 3.05) is 13.7 Å². The van der Waals surface area contributed by atoms with Crippen LogP contribution in [0, 0.1) is 11.8 Å². The molecule has 0 aliphatic heterocycles. The van der Waals surface area contributed by atoms with E-state index in [1.165, 1.54) is 19.4 Å². The average molecular weight is 546 g/mol. The number of hydrogen-bond acceptors (Lipinski definition) is 7. The van der Waals surface area contributed by atoms with Crippen molar-refractivity contribution in [3.8, 4) is 17.2 Å². The van der Waals surface area contributed by atoms with Gasteiger partial charge in [-0.25, -0.2) is 4.98 Å². The second-order valence-electron chi connectivity index (χ2n) is 8.72. The van der Waals surface area contributed by atoms with Gasteiger partial charge in [0.25, 0.3) is 0 Å². The summed E-state index contributed by atoms with van der Waals surface area (Å²) in [5.74, 6) is -1.74. The maximum Gasteiger partial charge on any atom is 0.309 e. The Labute approximate surface area is 226 Å². The van der Waals surface area contributed by atoms with E-state index in [9.17, 15) is 14.7 Å². The molecule has 37 heavy (non-hydrogen) atoms. The van der Waals surface area contributed by atoms with E-state index in [0.717, 1.165) is 5.56 Å². The zero-order valence-electron chi connectivity index (χ0n) is 20.8. The number of rotatable bonds is 12. The Balaban J connectivity index is 1.67. The highest BCUT2D eigenvalue weighted by atomic mass is 35.5. The molecular formula is C28H29Cl2NO6. The van der Waals surface area contributed by atoms with Gasteiger partial charge < -0.3 is 19.3 Å². The molecule has 3 aromatic rings. The first-order chi connectivity index (χ1) is 17.7. The summed E-state index contributed by atoms with van der Waals surface area (Å²) in [4.78, 5) is 29.5. The van der Waals surface area contributed by atoms with Crippen LogP contribution in [0.4, 0.5) is 0 Å². The van der Waals surface area contributed by atoms with E-state index in [-0.39, 0.29) is 36.1 Å². The van der Waals surface area contributed by atoms with Crippen molar-refractivity contribution < 1.29 is 28.9 Å². The maximum absolute atomic E-state index is 12.9. The number of benzene rings is 2. The number of aromatic hydroxyl groups is 1. The Morgan fingerprint density at radius 2 is 1.76 bits per heavy atom. The van der Waals surface area contributed by atoms with Crippen molar-refractivity contribution >= 4 is 35.0 Å². The topological polar surface area (TPSA) is 95.0 Å². The SMILES string of the molecule is COc1ccnc(C(=O)C[C@@H](C)C(=O)O[C@@H](C)[C@@H](COc2ccc(Cl)cc2Cl)Cc2ccccc2)c1O. The number of nitrogens with zero attached hydrogens (tertiary/aromatic N) is 1. The first kappa shape index (κ1) is 28.3. The number of carbonyl (C=O) groups excluding carboxylic acids is 2. The minimum absolute atomic E-state index is 0.131. The lowest BCUT2D eigenvalue weighted by molar-refractivity contribution is -0.155. The summed E-state index contributed by atoms with van der Waals surface area (Å²) >= 11 is 12.2. The van der Waals surface area contributed by atoms with Crippen molar-refractivity contribution in [2.24, 2.45) is 11.8 Å². The summed E-state index contributed by atoms with van der Waals surface area (Å²) in [6, 6.07) is 16.2. The molecule has 0 spiro atoms. The van der Waals surface area contributed by atoms with Crippen LogP contribution in [0.5, 0.6) is 17.2 Å². The smallest absolute Gasteiger partial charge is 0.309 e. The molecule has 7 nitrogen and oxygen atoms in total. The van der Waals surface area contributed by atoms with Gasteiger partial charge in [-0.2, -0.15) is 0 Å². The molecule has 1 heterocycles. The van der Waals surface area contributed by atoms with E-state index in [2.05, 4.69) is 4.98 Å². The quantitative estimate of drug-likeness (QED) is 0.214. The lowest BCUT2D eigenvalue weighted by atomic mass is 9.95. The van der Waals surface area contributed by atoms with Crippen LogP contribution in [0.15, 0.2) is 60.8 Å². The second kappa shape index (κ2) is 13.3. The molecule has 1 N–H and O–H groups in total. The van der Waals surface area contributed by atoms with Gasteiger partial charge in [0.1, 0.15) is 11.9 Å². The molecule has 0 saturated carbocycles. The summed E-state index contributed by atoms with van der Waals surface area (Å²) in [6.45, 7) is 3.63. The third-order valence-corrected chi connectivity index (χ3v) is 6.45. The molecule has 0 saturated heterocycles. The fourth-order valence-corrected chi connectivity index (χ4v) is 4.19. The van der Waals surface area contributed by atoms with Crippen molar-refractivity contribution in [1.82, 2.24) is 4.98 Å². The summed E-state index contributed by atoms with van der Waals surface area (Å²) in [6.07, 6.45) is 1.24. The van der Waals surface area contributed by atoms with Crippen LogP contribution in [0.25, 0.3) is 0 Å². The molecule has 0 radical (unpaired) electrons. The molecule has 0 fully saturated rings. The molecule has 196 valence electrons. The van der Waals surface area contributed by atoms with Crippen molar-refractivity contribution in [1.29, 1.82) is 0 Å². The zero-order chi connectivity index (χ0) is 26.9. The Morgan fingerprint density at radius 3 is 2.43 bits per heavy atom. The molecule has 0 aliphatic rings. The van der Waals surface area contributed by atoms with Crippen LogP contribution in [0.2, 0.25) is 10.0 Å². The van der Waals surface area contributed by atoms with E-state index < -0.39 is 23.8 Å².